The molecule has 1 rings (SSSR count). The van der Waals surface area contributed by atoms with Crippen LogP contribution in [-0.2, 0) is 0 Å². The van der Waals surface area contributed by atoms with Crippen molar-refractivity contribution in [3.05, 3.63) is 0 Å². The van der Waals surface area contributed by atoms with Gasteiger partial charge in [-0.3, -0.25) is 0 Å². The van der Waals surface area contributed by atoms with Crippen LogP contribution < -0.4 is 5.73 Å². The summed E-state index contributed by atoms with van der Waals surface area (Å²) in [4.78, 5) is 2.65. The van der Waals surface area contributed by atoms with Gasteiger partial charge in [0.25, 0.3) is 0 Å². The summed E-state index contributed by atoms with van der Waals surface area (Å²) in [7, 11) is 0. The zero-order valence-corrected chi connectivity index (χ0v) is 10.6. The minimum Gasteiger partial charge on any atom is -0.330 e. The molecule has 2 heteroatoms. The SMILES string of the molecule is CCC(CC)(CN)CN1CCCCCC1. The van der Waals surface area contributed by atoms with Crippen molar-refractivity contribution in [2.45, 2.75) is 52.4 Å². The predicted molar refractivity (Wildman–Crippen MR) is 67.0 cm³/mol. The van der Waals surface area contributed by atoms with Crippen LogP contribution in [0, 0.1) is 5.41 Å². The summed E-state index contributed by atoms with van der Waals surface area (Å²) < 4.78 is 0. The third-order valence-electron chi connectivity index (χ3n) is 4.19. The molecule has 2 nitrogen and oxygen atoms in total. The lowest BCUT2D eigenvalue weighted by atomic mass is 9.82. The smallest absolute Gasteiger partial charge is 0.00499 e. The first-order valence-electron chi connectivity index (χ1n) is 6.69. The molecule has 0 aromatic carbocycles. The highest BCUT2D eigenvalue weighted by Gasteiger charge is 2.27. The largest absolute Gasteiger partial charge is 0.330 e. The van der Waals surface area contributed by atoms with Gasteiger partial charge in [0.1, 0.15) is 0 Å². The molecule has 1 saturated heterocycles. The molecule has 0 amide bonds. The molecule has 1 heterocycles. The molecule has 0 aliphatic carbocycles. The molecule has 1 fully saturated rings. The first-order valence-corrected chi connectivity index (χ1v) is 6.69. The second-order valence-electron chi connectivity index (χ2n) is 5.10. The Labute approximate surface area is 95.2 Å². The van der Waals surface area contributed by atoms with Crippen LogP contribution in [0.3, 0.4) is 0 Å². The van der Waals surface area contributed by atoms with Crippen LogP contribution in [0.1, 0.15) is 52.4 Å². The Bertz CT molecular complexity index is 148. The third-order valence-corrected chi connectivity index (χ3v) is 4.19. The van der Waals surface area contributed by atoms with E-state index >= 15 is 0 Å². The van der Waals surface area contributed by atoms with E-state index in [1.165, 1.54) is 58.2 Å². The van der Waals surface area contributed by atoms with Crippen molar-refractivity contribution in [3.63, 3.8) is 0 Å². The highest BCUT2D eigenvalue weighted by molar-refractivity contribution is 4.82. The van der Waals surface area contributed by atoms with Crippen LogP contribution in [0.5, 0.6) is 0 Å². The molecule has 1 aliphatic rings. The highest BCUT2D eigenvalue weighted by Crippen LogP contribution is 2.27. The molecule has 0 saturated carbocycles. The van der Waals surface area contributed by atoms with Gasteiger partial charge < -0.3 is 10.6 Å². The van der Waals surface area contributed by atoms with E-state index in [4.69, 9.17) is 5.73 Å². The van der Waals surface area contributed by atoms with Crippen molar-refractivity contribution < 1.29 is 0 Å². The van der Waals surface area contributed by atoms with Crippen molar-refractivity contribution in [2.75, 3.05) is 26.2 Å². The van der Waals surface area contributed by atoms with E-state index in [-0.39, 0.29) is 0 Å². The van der Waals surface area contributed by atoms with Crippen molar-refractivity contribution >= 4 is 0 Å². The van der Waals surface area contributed by atoms with E-state index in [1.807, 2.05) is 0 Å². The zero-order chi connectivity index (χ0) is 11.1. The number of nitrogens with zero attached hydrogens (tertiary/aromatic N) is 1. The van der Waals surface area contributed by atoms with Crippen LogP contribution in [0.15, 0.2) is 0 Å². The first kappa shape index (κ1) is 13.0. The molecule has 0 aromatic heterocycles. The van der Waals surface area contributed by atoms with Gasteiger partial charge in [-0.05, 0) is 50.7 Å². The van der Waals surface area contributed by atoms with Gasteiger partial charge in [-0.15, -0.1) is 0 Å². The second kappa shape index (κ2) is 6.49. The molecule has 90 valence electrons. The maximum Gasteiger partial charge on any atom is 0.00499 e. The lowest BCUT2D eigenvalue weighted by Crippen LogP contribution is -2.42. The van der Waals surface area contributed by atoms with Crippen LogP contribution in [-0.4, -0.2) is 31.1 Å². The third kappa shape index (κ3) is 3.76. The average Bonchev–Trinajstić information content (AvgIpc) is 2.54. The molecule has 0 aromatic rings. The maximum absolute atomic E-state index is 5.96. The Morgan fingerprint density at radius 2 is 1.53 bits per heavy atom. The highest BCUT2D eigenvalue weighted by atomic mass is 15.1. The van der Waals surface area contributed by atoms with Crippen LogP contribution in [0.2, 0.25) is 0 Å². The monoisotopic (exact) mass is 212 g/mol. The number of rotatable bonds is 5. The van der Waals surface area contributed by atoms with E-state index < -0.39 is 0 Å². The van der Waals surface area contributed by atoms with Crippen LogP contribution in [0.25, 0.3) is 0 Å². The molecule has 0 unspecified atom stereocenters. The summed E-state index contributed by atoms with van der Waals surface area (Å²) in [5.74, 6) is 0. The fourth-order valence-corrected chi connectivity index (χ4v) is 2.60. The summed E-state index contributed by atoms with van der Waals surface area (Å²) >= 11 is 0. The molecule has 1 aliphatic heterocycles. The van der Waals surface area contributed by atoms with Gasteiger partial charge >= 0.3 is 0 Å². The van der Waals surface area contributed by atoms with Gasteiger partial charge in [0, 0.05) is 6.54 Å². The summed E-state index contributed by atoms with van der Waals surface area (Å²) in [6.45, 7) is 9.22. The molecular weight excluding hydrogens is 184 g/mol. The topological polar surface area (TPSA) is 29.3 Å². The fourth-order valence-electron chi connectivity index (χ4n) is 2.60. The molecule has 0 spiro atoms. The van der Waals surface area contributed by atoms with E-state index in [2.05, 4.69) is 18.7 Å². The van der Waals surface area contributed by atoms with Crippen molar-refractivity contribution in [1.29, 1.82) is 0 Å². The van der Waals surface area contributed by atoms with Gasteiger partial charge in [-0.1, -0.05) is 26.7 Å². The van der Waals surface area contributed by atoms with E-state index in [1.54, 1.807) is 0 Å². The minimum atomic E-state index is 0.379. The Morgan fingerprint density at radius 3 is 1.93 bits per heavy atom. The number of hydrogen-bond acceptors (Lipinski definition) is 2. The van der Waals surface area contributed by atoms with Crippen molar-refractivity contribution in [2.24, 2.45) is 11.1 Å². The molecule has 0 atom stereocenters. The van der Waals surface area contributed by atoms with E-state index in [9.17, 15) is 0 Å². The van der Waals surface area contributed by atoms with Crippen molar-refractivity contribution in [3.8, 4) is 0 Å². The predicted octanol–water partition coefficient (Wildman–Crippen LogP) is 2.63. The normalized spacial score (nSPS) is 20.2. The fraction of sp³-hybridized carbons (Fsp3) is 1.00. The quantitative estimate of drug-likeness (QED) is 0.759. The summed E-state index contributed by atoms with van der Waals surface area (Å²) in [5.41, 5.74) is 6.34. The van der Waals surface area contributed by atoms with Gasteiger partial charge in [-0.2, -0.15) is 0 Å². The Kier molecular flexibility index (Phi) is 5.62. The lowest BCUT2D eigenvalue weighted by Gasteiger charge is -2.36. The minimum absolute atomic E-state index is 0.379. The second-order valence-corrected chi connectivity index (χ2v) is 5.10. The van der Waals surface area contributed by atoms with Crippen LogP contribution >= 0.6 is 0 Å². The lowest BCUT2D eigenvalue weighted by molar-refractivity contribution is 0.147. The van der Waals surface area contributed by atoms with Gasteiger partial charge in [0.15, 0.2) is 0 Å². The van der Waals surface area contributed by atoms with Crippen LogP contribution in [0.4, 0.5) is 0 Å². The number of hydrogen-bond donors (Lipinski definition) is 1. The molecular formula is C13H28N2. The maximum atomic E-state index is 5.96. The number of likely N-dealkylation sites (tertiary alicyclic amines) is 1. The first-order chi connectivity index (χ1) is 7.26. The summed E-state index contributed by atoms with van der Waals surface area (Å²) in [6.07, 6.45) is 8.05. The van der Waals surface area contributed by atoms with Gasteiger partial charge in [-0.25, -0.2) is 0 Å². The Morgan fingerprint density at radius 1 is 1.00 bits per heavy atom. The van der Waals surface area contributed by atoms with E-state index in [0.717, 1.165) is 6.54 Å². The Hall–Kier alpha value is -0.0800. The number of nitrogens with two attached hydrogens (primary N) is 1. The molecule has 0 bridgehead atoms. The molecule has 0 radical (unpaired) electrons. The van der Waals surface area contributed by atoms with E-state index in [0.29, 0.717) is 5.41 Å². The zero-order valence-electron chi connectivity index (χ0n) is 10.6. The summed E-state index contributed by atoms with van der Waals surface area (Å²) in [6, 6.07) is 0. The molecule has 2 N–H and O–H groups in total. The van der Waals surface area contributed by atoms with Gasteiger partial charge in [0.05, 0.1) is 0 Å². The van der Waals surface area contributed by atoms with Gasteiger partial charge in [0.2, 0.25) is 0 Å². The Balaban J connectivity index is 2.48. The molecule has 15 heavy (non-hydrogen) atoms. The average molecular weight is 212 g/mol. The van der Waals surface area contributed by atoms with Crippen molar-refractivity contribution in [1.82, 2.24) is 4.90 Å². The standard InChI is InChI=1S/C13H28N2/c1-3-13(4-2,11-14)12-15-9-7-5-6-8-10-15/h3-12,14H2,1-2H3. The summed E-state index contributed by atoms with van der Waals surface area (Å²) in [5, 5.41) is 0.